The van der Waals surface area contributed by atoms with Crippen LogP contribution in [0.2, 0.25) is 0 Å². The fraction of sp³-hybridized carbons (Fsp3) is 0.320. The molecule has 3 heterocycles. The lowest BCUT2D eigenvalue weighted by Crippen LogP contribution is -2.33. The number of nitrogens with one attached hydrogen (secondary N) is 1. The molecular weight excluding hydrogens is 386 g/mol. The highest BCUT2D eigenvalue weighted by molar-refractivity contribution is 5.98. The molecule has 6 nitrogen and oxygen atoms in total. The van der Waals surface area contributed by atoms with Gasteiger partial charge in [0.05, 0.1) is 17.8 Å². The Bertz CT molecular complexity index is 1020. The second kappa shape index (κ2) is 9.71. The van der Waals surface area contributed by atoms with Crippen LogP contribution in [0.15, 0.2) is 60.8 Å². The van der Waals surface area contributed by atoms with Gasteiger partial charge in [-0.05, 0) is 48.2 Å². The van der Waals surface area contributed by atoms with Gasteiger partial charge >= 0.3 is 0 Å². The first-order valence-corrected chi connectivity index (χ1v) is 10.8. The number of rotatable bonds is 7. The molecule has 160 valence electrons. The third-order valence-corrected chi connectivity index (χ3v) is 5.93. The maximum atomic E-state index is 12.7. The molecule has 3 N–H and O–H groups in total. The van der Waals surface area contributed by atoms with Crippen LogP contribution in [0, 0.1) is 0 Å². The molecule has 1 amide bonds. The van der Waals surface area contributed by atoms with Crippen molar-refractivity contribution >= 4 is 11.7 Å². The van der Waals surface area contributed by atoms with Crippen molar-refractivity contribution in [3.63, 3.8) is 0 Å². The Morgan fingerprint density at radius 3 is 2.77 bits per heavy atom. The van der Waals surface area contributed by atoms with Crippen molar-refractivity contribution in [2.45, 2.75) is 38.8 Å². The van der Waals surface area contributed by atoms with Gasteiger partial charge < -0.3 is 11.1 Å². The van der Waals surface area contributed by atoms with Crippen LogP contribution < -0.4 is 11.1 Å². The van der Waals surface area contributed by atoms with E-state index in [1.54, 1.807) is 6.20 Å². The Kier molecular flexibility index (Phi) is 6.57. The predicted octanol–water partition coefficient (Wildman–Crippen LogP) is 3.54. The summed E-state index contributed by atoms with van der Waals surface area (Å²) in [6.07, 6.45) is 3.66. The number of nitrogens with zero attached hydrogens (tertiary/aromatic N) is 3. The van der Waals surface area contributed by atoms with Gasteiger partial charge in [0.25, 0.3) is 5.91 Å². The fourth-order valence-corrected chi connectivity index (χ4v) is 4.01. The molecule has 1 aromatic carbocycles. The number of nitrogens with two attached hydrogens (primary N) is 1. The predicted molar refractivity (Wildman–Crippen MR) is 123 cm³/mol. The van der Waals surface area contributed by atoms with E-state index in [-0.39, 0.29) is 5.91 Å². The molecule has 0 spiro atoms. The standard InChI is InChI=1S/C25H29N5O/c1-18(19-7-3-2-4-8-19)10-13-30-14-11-23-20(17-30)15-22(24(26)29-23)25(31)28-16-21-9-5-6-12-27-21/h2-9,12,15,18H,10-11,13-14,16-17H2,1H3,(H2,26,29)(H,28,31)/t18-/m1/s1. The molecule has 1 aliphatic heterocycles. The molecule has 1 atom stereocenters. The molecule has 0 fully saturated rings. The first-order chi connectivity index (χ1) is 15.1. The summed E-state index contributed by atoms with van der Waals surface area (Å²) in [5.41, 5.74) is 10.8. The molecule has 31 heavy (non-hydrogen) atoms. The molecule has 0 saturated carbocycles. The topological polar surface area (TPSA) is 84.1 Å². The summed E-state index contributed by atoms with van der Waals surface area (Å²) >= 11 is 0. The van der Waals surface area contributed by atoms with Gasteiger partial charge in [0.15, 0.2) is 0 Å². The molecule has 0 unspecified atom stereocenters. The number of amides is 1. The smallest absolute Gasteiger partial charge is 0.255 e. The van der Waals surface area contributed by atoms with Crippen molar-refractivity contribution in [1.29, 1.82) is 0 Å². The molecule has 2 aromatic heterocycles. The Balaban J connectivity index is 1.38. The summed E-state index contributed by atoms with van der Waals surface area (Å²) in [5.74, 6) is 0.594. The largest absolute Gasteiger partial charge is 0.383 e. The number of pyridine rings is 2. The van der Waals surface area contributed by atoms with Crippen molar-refractivity contribution in [2.75, 3.05) is 18.8 Å². The summed E-state index contributed by atoms with van der Waals surface area (Å²) in [7, 11) is 0. The van der Waals surface area contributed by atoms with Crippen LogP contribution in [0.1, 0.15) is 52.1 Å². The number of carbonyl (C=O) groups excluding carboxylic acids is 1. The lowest BCUT2D eigenvalue weighted by Gasteiger charge is -2.29. The lowest BCUT2D eigenvalue weighted by molar-refractivity contribution is 0.0950. The second-order valence-electron chi connectivity index (χ2n) is 8.16. The van der Waals surface area contributed by atoms with E-state index in [4.69, 9.17) is 5.73 Å². The third kappa shape index (κ3) is 5.27. The van der Waals surface area contributed by atoms with Gasteiger partial charge in [-0.15, -0.1) is 0 Å². The van der Waals surface area contributed by atoms with Crippen LogP contribution in [0.4, 0.5) is 5.82 Å². The number of hydrogen-bond donors (Lipinski definition) is 2. The Morgan fingerprint density at radius 2 is 2.00 bits per heavy atom. The van der Waals surface area contributed by atoms with E-state index in [2.05, 4.69) is 57.4 Å². The number of anilines is 1. The number of aromatic nitrogens is 2. The van der Waals surface area contributed by atoms with Crippen molar-refractivity contribution in [2.24, 2.45) is 0 Å². The van der Waals surface area contributed by atoms with Gasteiger partial charge in [-0.1, -0.05) is 43.3 Å². The van der Waals surface area contributed by atoms with Crippen molar-refractivity contribution in [3.05, 3.63) is 88.9 Å². The lowest BCUT2D eigenvalue weighted by atomic mass is 9.96. The number of fused-ring (bicyclic) bond motifs is 1. The van der Waals surface area contributed by atoms with Gasteiger partial charge in [0.2, 0.25) is 0 Å². The van der Waals surface area contributed by atoms with E-state index in [1.165, 1.54) is 5.56 Å². The first-order valence-electron chi connectivity index (χ1n) is 10.8. The highest BCUT2D eigenvalue weighted by Gasteiger charge is 2.22. The van der Waals surface area contributed by atoms with Crippen molar-refractivity contribution < 1.29 is 4.79 Å². The zero-order chi connectivity index (χ0) is 21.6. The number of hydrogen-bond acceptors (Lipinski definition) is 5. The van der Waals surface area contributed by atoms with E-state index in [1.807, 2.05) is 24.3 Å². The van der Waals surface area contributed by atoms with Crippen LogP contribution in [0.25, 0.3) is 0 Å². The van der Waals surface area contributed by atoms with E-state index < -0.39 is 0 Å². The van der Waals surface area contributed by atoms with E-state index in [0.717, 1.165) is 49.4 Å². The van der Waals surface area contributed by atoms with Gasteiger partial charge in [0.1, 0.15) is 5.82 Å². The van der Waals surface area contributed by atoms with Gasteiger partial charge in [-0.3, -0.25) is 14.7 Å². The van der Waals surface area contributed by atoms with Crippen LogP contribution in [0.3, 0.4) is 0 Å². The molecule has 1 aliphatic rings. The van der Waals surface area contributed by atoms with Crippen LogP contribution in [-0.2, 0) is 19.5 Å². The Hall–Kier alpha value is -3.25. The molecule has 0 bridgehead atoms. The highest BCUT2D eigenvalue weighted by atomic mass is 16.1. The molecule has 0 aliphatic carbocycles. The summed E-state index contributed by atoms with van der Waals surface area (Å²) in [4.78, 5) is 23.9. The normalized spacial score (nSPS) is 14.6. The fourth-order valence-electron chi connectivity index (χ4n) is 4.01. The van der Waals surface area contributed by atoms with E-state index >= 15 is 0 Å². The zero-order valence-electron chi connectivity index (χ0n) is 17.9. The monoisotopic (exact) mass is 415 g/mol. The number of benzene rings is 1. The molecule has 3 aromatic rings. The molecular formula is C25H29N5O. The number of nitrogen functional groups attached to an aromatic ring is 1. The maximum absolute atomic E-state index is 12.7. The maximum Gasteiger partial charge on any atom is 0.255 e. The summed E-state index contributed by atoms with van der Waals surface area (Å²) in [6, 6.07) is 18.2. The van der Waals surface area contributed by atoms with E-state index in [9.17, 15) is 4.79 Å². The number of carbonyl (C=O) groups is 1. The SMILES string of the molecule is C[C@H](CCN1CCc2nc(N)c(C(=O)NCc3ccccn3)cc2C1)c1ccccc1. The summed E-state index contributed by atoms with van der Waals surface area (Å²) in [6.45, 7) is 5.41. The van der Waals surface area contributed by atoms with Crippen LogP contribution >= 0.6 is 0 Å². The second-order valence-corrected chi connectivity index (χ2v) is 8.16. The zero-order valence-corrected chi connectivity index (χ0v) is 17.9. The van der Waals surface area contributed by atoms with Gasteiger partial charge in [0, 0.05) is 31.4 Å². The van der Waals surface area contributed by atoms with Crippen LogP contribution in [-0.4, -0.2) is 33.9 Å². The van der Waals surface area contributed by atoms with Gasteiger partial charge in [-0.25, -0.2) is 4.98 Å². The summed E-state index contributed by atoms with van der Waals surface area (Å²) in [5, 5.41) is 2.90. The minimum absolute atomic E-state index is 0.215. The average molecular weight is 416 g/mol. The quantitative estimate of drug-likeness (QED) is 0.617. The van der Waals surface area contributed by atoms with Crippen molar-refractivity contribution in [3.8, 4) is 0 Å². The highest BCUT2D eigenvalue weighted by Crippen LogP contribution is 2.24. The molecule has 0 saturated heterocycles. The first kappa shape index (κ1) is 21.0. The molecule has 0 radical (unpaired) electrons. The summed E-state index contributed by atoms with van der Waals surface area (Å²) < 4.78 is 0. The van der Waals surface area contributed by atoms with E-state index in [0.29, 0.717) is 23.8 Å². The third-order valence-electron chi connectivity index (χ3n) is 5.93. The van der Waals surface area contributed by atoms with Crippen LogP contribution in [0.5, 0.6) is 0 Å². The minimum Gasteiger partial charge on any atom is -0.383 e. The Labute approximate surface area is 183 Å². The average Bonchev–Trinajstić information content (AvgIpc) is 2.81. The van der Waals surface area contributed by atoms with Gasteiger partial charge in [-0.2, -0.15) is 0 Å². The molecule has 4 rings (SSSR count). The molecule has 6 heteroatoms. The minimum atomic E-state index is -0.215. The van der Waals surface area contributed by atoms with Crippen molar-refractivity contribution in [1.82, 2.24) is 20.2 Å². The Morgan fingerprint density at radius 1 is 1.19 bits per heavy atom.